The fourth-order valence-corrected chi connectivity index (χ4v) is 2.32. The lowest BCUT2D eigenvalue weighted by molar-refractivity contribution is -0.385. The van der Waals surface area contributed by atoms with E-state index in [-0.39, 0.29) is 17.4 Å². The number of ether oxygens (including phenoxy) is 1. The highest BCUT2D eigenvalue weighted by Gasteiger charge is 2.26. The summed E-state index contributed by atoms with van der Waals surface area (Å²) in [6, 6.07) is 9.66. The highest BCUT2D eigenvalue weighted by Crippen LogP contribution is 2.36. The van der Waals surface area contributed by atoms with Crippen molar-refractivity contribution in [2.24, 2.45) is 0 Å². The van der Waals surface area contributed by atoms with E-state index in [2.05, 4.69) is 15.3 Å². The molecule has 27 heavy (non-hydrogen) atoms. The molecule has 3 aromatic rings. The molecule has 0 bridgehead atoms. The van der Waals surface area contributed by atoms with Crippen LogP contribution < -0.4 is 10.1 Å². The van der Waals surface area contributed by atoms with Crippen molar-refractivity contribution in [3.8, 4) is 11.6 Å². The van der Waals surface area contributed by atoms with Crippen LogP contribution in [0.3, 0.4) is 0 Å². The van der Waals surface area contributed by atoms with Gasteiger partial charge in [-0.25, -0.2) is 13.8 Å². The third-order valence-corrected chi connectivity index (χ3v) is 3.70. The van der Waals surface area contributed by atoms with Gasteiger partial charge in [-0.1, -0.05) is 19.1 Å². The Morgan fingerprint density at radius 1 is 1.15 bits per heavy atom. The van der Waals surface area contributed by atoms with Crippen LogP contribution >= 0.6 is 0 Å². The lowest BCUT2D eigenvalue weighted by Crippen LogP contribution is -2.04. The predicted octanol–water partition coefficient (Wildman–Crippen LogP) is 4.76. The van der Waals surface area contributed by atoms with Crippen LogP contribution in [0.5, 0.6) is 11.6 Å². The van der Waals surface area contributed by atoms with Gasteiger partial charge in [-0.05, 0) is 36.2 Å². The SMILES string of the molecule is CCc1ccc(Oc2ncnc(Nc3cc(F)ccc3F)c2[N+](=O)[O-])cc1. The Morgan fingerprint density at radius 2 is 1.89 bits per heavy atom. The van der Waals surface area contributed by atoms with E-state index in [4.69, 9.17) is 4.74 Å². The summed E-state index contributed by atoms with van der Waals surface area (Å²) in [7, 11) is 0. The summed E-state index contributed by atoms with van der Waals surface area (Å²) in [4.78, 5) is 18.3. The van der Waals surface area contributed by atoms with Crippen LogP contribution in [0.25, 0.3) is 0 Å². The minimum Gasteiger partial charge on any atom is -0.434 e. The van der Waals surface area contributed by atoms with Gasteiger partial charge in [0.05, 0.1) is 10.6 Å². The van der Waals surface area contributed by atoms with Crippen LogP contribution in [-0.4, -0.2) is 14.9 Å². The van der Waals surface area contributed by atoms with E-state index >= 15 is 0 Å². The van der Waals surface area contributed by atoms with Crippen molar-refractivity contribution in [3.63, 3.8) is 0 Å². The molecule has 1 heterocycles. The summed E-state index contributed by atoms with van der Waals surface area (Å²) in [5, 5.41) is 13.9. The van der Waals surface area contributed by atoms with Crippen LogP contribution in [0, 0.1) is 21.7 Å². The molecular weight excluding hydrogens is 358 g/mol. The Hall–Kier alpha value is -3.62. The van der Waals surface area contributed by atoms with E-state index in [1.807, 2.05) is 19.1 Å². The maximum Gasteiger partial charge on any atom is 0.373 e. The molecule has 0 atom stereocenters. The third-order valence-electron chi connectivity index (χ3n) is 3.70. The number of anilines is 2. The molecule has 0 amide bonds. The minimum absolute atomic E-state index is 0.296. The van der Waals surface area contributed by atoms with Crippen molar-refractivity contribution in [3.05, 3.63) is 76.1 Å². The van der Waals surface area contributed by atoms with Crippen LogP contribution in [0.15, 0.2) is 48.8 Å². The lowest BCUT2D eigenvalue weighted by atomic mass is 10.2. The molecule has 0 fully saturated rings. The molecule has 0 saturated carbocycles. The van der Waals surface area contributed by atoms with Gasteiger partial charge in [-0.15, -0.1) is 0 Å². The third kappa shape index (κ3) is 4.14. The van der Waals surface area contributed by atoms with Gasteiger partial charge < -0.3 is 10.1 Å². The van der Waals surface area contributed by atoms with Crippen molar-refractivity contribution < 1.29 is 18.4 Å². The molecule has 1 N–H and O–H groups in total. The highest BCUT2D eigenvalue weighted by atomic mass is 19.1. The number of aromatic nitrogens is 2. The smallest absolute Gasteiger partial charge is 0.373 e. The van der Waals surface area contributed by atoms with Gasteiger partial charge >= 0.3 is 11.6 Å². The van der Waals surface area contributed by atoms with Crippen molar-refractivity contribution in [1.29, 1.82) is 0 Å². The Morgan fingerprint density at radius 3 is 2.56 bits per heavy atom. The topological polar surface area (TPSA) is 90.2 Å². The fraction of sp³-hybridized carbons (Fsp3) is 0.111. The van der Waals surface area contributed by atoms with Gasteiger partial charge in [0.25, 0.3) is 0 Å². The molecule has 3 rings (SSSR count). The standard InChI is InChI=1S/C18H14F2N4O3/c1-2-11-3-6-13(7-4-11)27-18-16(24(25)26)17(21-10-22-18)23-15-9-12(19)5-8-14(15)20/h3-10H,2H2,1H3,(H,21,22,23). The zero-order valence-electron chi connectivity index (χ0n) is 14.1. The lowest BCUT2D eigenvalue weighted by Gasteiger charge is -2.10. The highest BCUT2D eigenvalue weighted by molar-refractivity contribution is 5.69. The molecule has 138 valence electrons. The summed E-state index contributed by atoms with van der Waals surface area (Å²) < 4.78 is 32.7. The van der Waals surface area contributed by atoms with Gasteiger partial charge in [0, 0.05) is 6.07 Å². The molecule has 9 heteroatoms. The molecule has 0 saturated heterocycles. The van der Waals surface area contributed by atoms with E-state index in [1.54, 1.807) is 12.1 Å². The summed E-state index contributed by atoms with van der Waals surface area (Å²) in [5.74, 6) is -1.79. The number of nitro groups is 1. The number of hydrogen-bond donors (Lipinski definition) is 1. The largest absolute Gasteiger partial charge is 0.434 e. The van der Waals surface area contributed by atoms with Gasteiger partial charge in [-0.2, -0.15) is 4.98 Å². The van der Waals surface area contributed by atoms with E-state index in [9.17, 15) is 18.9 Å². The molecule has 0 aliphatic heterocycles. The van der Waals surface area contributed by atoms with E-state index in [1.165, 1.54) is 0 Å². The summed E-state index contributed by atoms with van der Waals surface area (Å²) in [5.41, 5.74) is 0.180. The minimum atomic E-state index is -0.790. The number of nitrogens with one attached hydrogen (secondary N) is 1. The first-order valence-corrected chi connectivity index (χ1v) is 7.96. The molecule has 0 aliphatic rings. The Kier molecular flexibility index (Phi) is 5.20. The maximum atomic E-state index is 13.8. The predicted molar refractivity (Wildman–Crippen MR) is 94.2 cm³/mol. The van der Waals surface area contributed by atoms with Crippen molar-refractivity contribution in [2.45, 2.75) is 13.3 Å². The van der Waals surface area contributed by atoms with Gasteiger partial charge in [0.15, 0.2) is 0 Å². The average Bonchev–Trinajstić information content (AvgIpc) is 2.65. The number of nitrogens with zero attached hydrogens (tertiary/aromatic N) is 3. The van der Waals surface area contributed by atoms with Crippen molar-refractivity contribution >= 4 is 17.2 Å². The van der Waals surface area contributed by atoms with E-state index < -0.39 is 22.2 Å². The molecule has 0 aliphatic carbocycles. The zero-order chi connectivity index (χ0) is 19.4. The summed E-state index contributed by atoms with van der Waals surface area (Å²) in [6.07, 6.45) is 1.86. The molecule has 0 spiro atoms. The molecular formula is C18H14F2N4O3. The zero-order valence-corrected chi connectivity index (χ0v) is 14.1. The van der Waals surface area contributed by atoms with E-state index in [0.29, 0.717) is 5.75 Å². The van der Waals surface area contributed by atoms with Crippen LogP contribution in [0.4, 0.5) is 26.0 Å². The first kappa shape index (κ1) is 18.2. The van der Waals surface area contributed by atoms with Gasteiger partial charge in [-0.3, -0.25) is 10.1 Å². The van der Waals surface area contributed by atoms with E-state index in [0.717, 1.165) is 36.5 Å². The number of rotatable bonds is 6. The van der Waals surface area contributed by atoms with Crippen LogP contribution in [0.1, 0.15) is 12.5 Å². The Bertz CT molecular complexity index is 981. The summed E-state index contributed by atoms with van der Waals surface area (Å²) >= 11 is 0. The number of hydrogen-bond acceptors (Lipinski definition) is 6. The maximum absolute atomic E-state index is 13.8. The molecule has 1 aromatic heterocycles. The Balaban J connectivity index is 1.96. The normalized spacial score (nSPS) is 10.5. The summed E-state index contributed by atoms with van der Waals surface area (Å²) in [6.45, 7) is 1.99. The number of halogens is 2. The molecule has 0 radical (unpaired) electrons. The second-order valence-electron chi connectivity index (χ2n) is 5.48. The second kappa shape index (κ2) is 7.73. The van der Waals surface area contributed by atoms with Crippen molar-refractivity contribution in [1.82, 2.24) is 9.97 Å². The molecule has 0 unspecified atom stereocenters. The monoisotopic (exact) mass is 372 g/mol. The Labute approximate surface area is 152 Å². The first-order chi connectivity index (χ1) is 13.0. The molecule has 2 aromatic carbocycles. The van der Waals surface area contributed by atoms with Gasteiger partial charge in [0.2, 0.25) is 5.82 Å². The van der Waals surface area contributed by atoms with Crippen molar-refractivity contribution in [2.75, 3.05) is 5.32 Å². The quantitative estimate of drug-likeness (QED) is 0.495. The van der Waals surface area contributed by atoms with Crippen LogP contribution in [-0.2, 0) is 6.42 Å². The first-order valence-electron chi connectivity index (χ1n) is 7.96. The van der Waals surface area contributed by atoms with Gasteiger partial charge in [0.1, 0.15) is 23.7 Å². The molecule has 7 nitrogen and oxygen atoms in total. The number of aryl methyl sites for hydroxylation is 1. The average molecular weight is 372 g/mol. The fourth-order valence-electron chi connectivity index (χ4n) is 2.32. The number of benzene rings is 2. The van der Waals surface area contributed by atoms with Crippen LogP contribution in [0.2, 0.25) is 0 Å². The second-order valence-corrected chi connectivity index (χ2v) is 5.48.